The van der Waals surface area contributed by atoms with Crippen molar-refractivity contribution in [3.63, 3.8) is 0 Å². The smallest absolute Gasteiger partial charge is 0.224 e. The van der Waals surface area contributed by atoms with Crippen LogP contribution in [0, 0.1) is 11.8 Å². The van der Waals surface area contributed by atoms with Gasteiger partial charge in [-0.15, -0.1) is 12.4 Å². The quantitative estimate of drug-likeness (QED) is 0.820. The molecule has 1 aliphatic carbocycles. The molecule has 0 radical (unpaired) electrons. The van der Waals surface area contributed by atoms with Gasteiger partial charge >= 0.3 is 0 Å². The van der Waals surface area contributed by atoms with Gasteiger partial charge in [-0.05, 0) is 26.2 Å². The van der Waals surface area contributed by atoms with Crippen LogP contribution in [0.5, 0.6) is 0 Å². The van der Waals surface area contributed by atoms with Crippen molar-refractivity contribution in [3.05, 3.63) is 0 Å². The summed E-state index contributed by atoms with van der Waals surface area (Å²) in [7, 11) is 0. The van der Waals surface area contributed by atoms with Crippen LogP contribution < -0.4 is 11.1 Å². The number of nitrogens with one attached hydrogen (secondary N) is 1. The fraction of sp³-hybridized carbons (Fsp3) is 0.923. The van der Waals surface area contributed by atoms with Gasteiger partial charge in [0.15, 0.2) is 0 Å². The van der Waals surface area contributed by atoms with E-state index in [4.69, 9.17) is 10.5 Å². The minimum absolute atomic E-state index is 0. The van der Waals surface area contributed by atoms with Crippen LogP contribution in [0.25, 0.3) is 0 Å². The maximum absolute atomic E-state index is 12.1. The van der Waals surface area contributed by atoms with Gasteiger partial charge < -0.3 is 15.8 Å². The van der Waals surface area contributed by atoms with Crippen LogP contribution in [0.15, 0.2) is 0 Å². The molecule has 0 aromatic heterocycles. The Hall–Kier alpha value is -0.320. The Morgan fingerprint density at radius 2 is 2.22 bits per heavy atom. The van der Waals surface area contributed by atoms with Gasteiger partial charge in [0.25, 0.3) is 0 Å². The predicted octanol–water partition coefficient (Wildman–Crippen LogP) is 1.47. The van der Waals surface area contributed by atoms with E-state index in [1.807, 2.05) is 6.92 Å². The molecule has 106 valence electrons. The molecule has 3 unspecified atom stereocenters. The van der Waals surface area contributed by atoms with Gasteiger partial charge in [0.1, 0.15) is 0 Å². The lowest BCUT2D eigenvalue weighted by Crippen LogP contribution is -2.53. The third-order valence-electron chi connectivity index (χ3n) is 4.16. The molecule has 1 saturated carbocycles. The molecule has 5 heteroatoms. The lowest BCUT2D eigenvalue weighted by Gasteiger charge is -2.37. The van der Waals surface area contributed by atoms with Gasteiger partial charge in [0.2, 0.25) is 5.91 Å². The third kappa shape index (κ3) is 3.84. The number of carbonyl (C=O) groups excluding carboxylic acids is 1. The van der Waals surface area contributed by atoms with Crippen molar-refractivity contribution in [1.82, 2.24) is 5.32 Å². The van der Waals surface area contributed by atoms with Gasteiger partial charge in [0.05, 0.1) is 12.5 Å². The summed E-state index contributed by atoms with van der Waals surface area (Å²) in [5.41, 5.74) is 5.90. The molecule has 18 heavy (non-hydrogen) atoms. The summed E-state index contributed by atoms with van der Waals surface area (Å²) in [6.07, 6.45) is 5.22. The highest BCUT2D eigenvalue weighted by molar-refractivity contribution is 5.85. The summed E-state index contributed by atoms with van der Waals surface area (Å²) >= 11 is 0. The first kappa shape index (κ1) is 15.7. The van der Waals surface area contributed by atoms with E-state index in [0.29, 0.717) is 5.92 Å². The first-order chi connectivity index (χ1) is 8.09. The number of hydrogen-bond donors (Lipinski definition) is 2. The largest absolute Gasteiger partial charge is 0.381 e. The Bertz CT molecular complexity index is 278. The lowest BCUT2D eigenvalue weighted by molar-refractivity contribution is -0.128. The van der Waals surface area contributed by atoms with E-state index in [2.05, 4.69) is 5.32 Å². The number of amides is 1. The van der Waals surface area contributed by atoms with E-state index in [0.717, 1.165) is 51.9 Å². The molecule has 2 rings (SSSR count). The predicted molar refractivity (Wildman–Crippen MR) is 73.7 cm³/mol. The normalized spacial score (nSPS) is 35.9. The van der Waals surface area contributed by atoms with Gasteiger partial charge in [0, 0.05) is 24.6 Å². The minimum atomic E-state index is -0.325. The molecule has 0 spiro atoms. The lowest BCUT2D eigenvalue weighted by atomic mass is 9.74. The number of carbonyl (C=O) groups is 1. The van der Waals surface area contributed by atoms with Crippen LogP contribution in [0.3, 0.4) is 0 Å². The van der Waals surface area contributed by atoms with Crippen LogP contribution in [0.1, 0.15) is 39.0 Å². The number of hydrogen-bond acceptors (Lipinski definition) is 3. The van der Waals surface area contributed by atoms with Crippen LogP contribution in [-0.4, -0.2) is 31.2 Å². The summed E-state index contributed by atoms with van der Waals surface area (Å²) < 4.78 is 5.30. The molecule has 2 fully saturated rings. The average molecular weight is 277 g/mol. The van der Waals surface area contributed by atoms with E-state index >= 15 is 0 Å². The highest BCUT2D eigenvalue weighted by atomic mass is 35.5. The van der Waals surface area contributed by atoms with Crippen molar-refractivity contribution >= 4 is 18.3 Å². The van der Waals surface area contributed by atoms with Crippen LogP contribution in [0.4, 0.5) is 0 Å². The number of nitrogens with two attached hydrogens (primary N) is 1. The van der Waals surface area contributed by atoms with E-state index in [-0.39, 0.29) is 29.8 Å². The molecule has 2 aliphatic rings. The summed E-state index contributed by atoms with van der Waals surface area (Å²) in [6.45, 7) is 4.36. The zero-order chi connectivity index (χ0) is 12.3. The standard InChI is InChI=1S/C13H24N2O2.ClH/c1-13(14)6-3-2-4-11(13)12(16)15-8-10-5-7-17-9-10;/h10-11H,2-9,14H2,1H3,(H,15,16);1H. The molecule has 1 amide bonds. The highest BCUT2D eigenvalue weighted by Crippen LogP contribution is 2.31. The second kappa shape index (κ2) is 6.73. The summed E-state index contributed by atoms with van der Waals surface area (Å²) in [5, 5.41) is 3.05. The number of rotatable bonds is 3. The van der Waals surface area contributed by atoms with E-state index < -0.39 is 0 Å². The first-order valence-electron chi connectivity index (χ1n) is 6.74. The van der Waals surface area contributed by atoms with E-state index in [1.54, 1.807) is 0 Å². The molecule has 1 aliphatic heterocycles. The van der Waals surface area contributed by atoms with E-state index in [9.17, 15) is 4.79 Å². The second-order valence-corrected chi connectivity index (χ2v) is 5.78. The van der Waals surface area contributed by atoms with Gasteiger partial charge in [-0.25, -0.2) is 0 Å². The second-order valence-electron chi connectivity index (χ2n) is 5.78. The zero-order valence-corrected chi connectivity index (χ0v) is 11.9. The molecule has 1 heterocycles. The highest BCUT2D eigenvalue weighted by Gasteiger charge is 2.37. The van der Waals surface area contributed by atoms with Crippen LogP contribution in [0.2, 0.25) is 0 Å². The number of halogens is 1. The summed E-state index contributed by atoms with van der Waals surface area (Å²) in [6, 6.07) is 0. The van der Waals surface area contributed by atoms with Crippen molar-refractivity contribution in [2.24, 2.45) is 17.6 Å². The van der Waals surface area contributed by atoms with Crippen molar-refractivity contribution in [3.8, 4) is 0 Å². The van der Waals surface area contributed by atoms with Gasteiger partial charge in [-0.1, -0.05) is 12.8 Å². The Morgan fingerprint density at radius 1 is 1.44 bits per heavy atom. The molecular formula is C13H25ClN2O2. The summed E-state index contributed by atoms with van der Waals surface area (Å²) in [4.78, 5) is 12.1. The summed E-state index contributed by atoms with van der Waals surface area (Å²) in [5.74, 6) is 0.617. The Kier molecular flexibility index (Phi) is 5.89. The number of ether oxygens (including phenoxy) is 1. The Morgan fingerprint density at radius 3 is 2.83 bits per heavy atom. The SMILES string of the molecule is CC1(N)CCCCC1C(=O)NCC1CCOC1.Cl. The van der Waals surface area contributed by atoms with E-state index in [1.165, 1.54) is 0 Å². The van der Waals surface area contributed by atoms with Gasteiger partial charge in [-0.2, -0.15) is 0 Å². The molecule has 4 nitrogen and oxygen atoms in total. The van der Waals surface area contributed by atoms with Crippen LogP contribution >= 0.6 is 12.4 Å². The monoisotopic (exact) mass is 276 g/mol. The molecule has 0 aromatic carbocycles. The van der Waals surface area contributed by atoms with Crippen LogP contribution in [-0.2, 0) is 9.53 Å². The van der Waals surface area contributed by atoms with Gasteiger partial charge in [-0.3, -0.25) is 4.79 Å². The fourth-order valence-electron chi connectivity index (χ4n) is 2.90. The topological polar surface area (TPSA) is 64.4 Å². The molecular weight excluding hydrogens is 252 g/mol. The van der Waals surface area contributed by atoms with Crippen molar-refractivity contribution in [2.75, 3.05) is 19.8 Å². The minimum Gasteiger partial charge on any atom is -0.381 e. The van der Waals surface area contributed by atoms with Crippen molar-refractivity contribution in [1.29, 1.82) is 0 Å². The van der Waals surface area contributed by atoms with Crippen molar-refractivity contribution < 1.29 is 9.53 Å². The molecule has 0 bridgehead atoms. The zero-order valence-electron chi connectivity index (χ0n) is 11.1. The fourth-order valence-corrected chi connectivity index (χ4v) is 2.90. The third-order valence-corrected chi connectivity index (χ3v) is 4.16. The maximum atomic E-state index is 12.1. The molecule has 3 atom stereocenters. The molecule has 1 saturated heterocycles. The maximum Gasteiger partial charge on any atom is 0.224 e. The van der Waals surface area contributed by atoms with Crippen molar-refractivity contribution in [2.45, 2.75) is 44.6 Å². The Labute approximate surface area is 115 Å². The first-order valence-corrected chi connectivity index (χ1v) is 6.74. The molecule has 3 N–H and O–H groups in total. The Balaban J connectivity index is 0.00000162. The molecule has 0 aromatic rings. The average Bonchev–Trinajstić information content (AvgIpc) is 2.78.